The van der Waals surface area contributed by atoms with Gasteiger partial charge in [-0.3, -0.25) is 0 Å². The maximum atomic E-state index is 5.93. The van der Waals surface area contributed by atoms with E-state index in [1.165, 1.54) is 0 Å². The first-order chi connectivity index (χ1) is 7.70. The molecule has 0 aromatic carbocycles. The number of ether oxygens (including phenoxy) is 2. The summed E-state index contributed by atoms with van der Waals surface area (Å²) in [4.78, 5) is 0. The first kappa shape index (κ1) is 16.7. The molecule has 0 aliphatic rings. The molecule has 0 aromatic rings. The van der Waals surface area contributed by atoms with Gasteiger partial charge in [-0.15, -0.1) is 0 Å². The Balaban J connectivity index is 4.17. The third kappa shape index (κ3) is 9.37. The fraction of sp³-hybridized carbons (Fsp3) is 0.867. The van der Waals surface area contributed by atoms with Crippen molar-refractivity contribution in [1.82, 2.24) is 0 Å². The van der Waals surface area contributed by atoms with E-state index in [9.17, 15) is 0 Å². The average molecular weight is 242 g/mol. The van der Waals surface area contributed by atoms with Crippen LogP contribution in [-0.4, -0.2) is 18.5 Å². The smallest absolute Gasteiger partial charge is 0.177 e. The normalized spacial score (nSPS) is 15.5. The highest BCUT2D eigenvalue weighted by atomic mass is 16.7. The van der Waals surface area contributed by atoms with Gasteiger partial charge in [0.15, 0.2) is 6.29 Å². The van der Waals surface area contributed by atoms with Crippen LogP contribution in [0.4, 0.5) is 0 Å². The van der Waals surface area contributed by atoms with Gasteiger partial charge >= 0.3 is 0 Å². The largest absolute Gasteiger partial charge is 0.349 e. The highest BCUT2D eigenvalue weighted by molar-refractivity contribution is 4.83. The molecule has 0 amide bonds. The van der Waals surface area contributed by atoms with Crippen LogP contribution in [0.15, 0.2) is 12.2 Å². The van der Waals surface area contributed by atoms with Crippen LogP contribution in [0.5, 0.6) is 0 Å². The number of rotatable bonds is 7. The van der Waals surface area contributed by atoms with E-state index in [-0.39, 0.29) is 11.9 Å². The van der Waals surface area contributed by atoms with Crippen LogP contribution in [0.25, 0.3) is 0 Å². The maximum Gasteiger partial charge on any atom is 0.177 e. The van der Waals surface area contributed by atoms with Crippen LogP contribution in [-0.2, 0) is 9.47 Å². The molecule has 0 aliphatic heterocycles. The first-order valence-electron chi connectivity index (χ1n) is 6.62. The Morgan fingerprint density at radius 2 is 1.71 bits per heavy atom. The molecule has 0 saturated carbocycles. The summed E-state index contributed by atoms with van der Waals surface area (Å²) in [6.07, 6.45) is 5.74. The third-order valence-electron chi connectivity index (χ3n) is 2.77. The molecule has 2 heteroatoms. The summed E-state index contributed by atoms with van der Waals surface area (Å²) in [5.74, 6) is 0. The fourth-order valence-electron chi connectivity index (χ4n) is 1.17. The molecular weight excluding hydrogens is 212 g/mol. The van der Waals surface area contributed by atoms with Crippen molar-refractivity contribution in [3.05, 3.63) is 12.2 Å². The lowest BCUT2D eigenvalue weighted by atomic mass is 9.93. The third-order valence-corrected chi connectivity index (χ3v) is 2.77. The van der Waals surface area contributed by atoms with E-state index in [4.69, 9.17) is 9.47 Å². The Morgan fingerprint density at radius 3 is 2.12 bits per heavy atom. The van der Waals surface area contributed by atoms with E-state index in [2.05, 4.69) is 41.5 Å². The molecular formula is C15H30O2. The van der Waals surface area contributed by atoms with E-state index in [0.29, 0.717) is 5.41 Å². The van der Waals surface area contributed by atoms with Crippen molar-refractivity contribution < 1.29 is 9.47 Å². The molecule has 1 unspecified atom stereocenters. The standard InChI is InChI=1S/C15H30O2/c1-8-10-13(17-15(6,7)9-2)16-12-11-14(3,4)5/h8,10,13H,9,11-12H2,1-7H3/b10-8+. The minimum absolute atomic E-state index is 0.133. The lowest BCUT2D eigenvalue weighted by Crippen LogP contribution is -2.31. The lowest BCUT2D eigenvalue weighted by Gasteiger charge is -2.29. The second-order valence-electron chi connectivity index (χ2n) is 6.31. The fourth-order valence-corrected chi connectivity index (χ4v) is 1.17. The van der Waals surface area contributed by atoms with Crippen molar-refractivity contribution in [1.29, 1.82) is 0 Å². The van der Waals surface area contributed by atoms with Gasteiger partial charge in [0.2, 0.25) is 0 Å². The molecule has 0 saturated heterocycles. The monoisotopic (exact) mass is 242 g/mol. The molecule has 0 aliphatic carbocycles. The summed E-state index contributed by atoms with van der Waals surface area (Å²) < 4.78 is 11.7. The Labute approximate surface area is 107 Å². The molecule has 102 valence electrons. The number of hydrogen-bond donors (Lipinski definition) is 0. The van der Waals surface area contributed by atoms with Gasteiger partial charge in [0.1, 0.15) is 0 Å². The van der Waals surface area contributed by atoms with E-state index >= 15 is 0 Å². The first-order valence-corrected chi connectivity index (χ1v) is 6.62. The molecule has 0 aromatic heterocycles. The van der Waals surface area contributed by atoms with Gasteiger partial charge in [-0.05, 0) is 45.1 Å². The quantitative estimate of drug-likeness (QED) is 0.482. The van der Waals surface area contributed by atoms with Crippen LogP contribution in [0.3, 0.4) is 0 Å². The molecule has 2 nitrogen and oxygen atoms in total. The molecule has 0 N–H and O–H groups in total. The molecule has 0 heterocycles. The summed E-state index contributed by atoms with van der Waals surface area (Å²) in [6, 6.07) is 0. The second kappa shape index (κ2) is 7.17. The topological polar surface area (TPSA) is 18.5 Å². The second-order valence-corrected chi connectivity index (χ2v) is 6.31. The Bertz CT molecular complexity index is 224. The lowest BCUT2D eigenvalue weighted by molar-refractivity contribution is -0.178. The van der Waals surface area contributed by atoms with E-state index in [1.807, 2.05) is 19.1 Å². The van der Waals surface area contributed by atoms with Crippen LogP contribution in [0.2, 0.25) is 0 Å². The SMILES string of the molecule is C/C=C/C(OCCC(C)(C)C)OC(C)(C)CC. The minimum atomic E-state index is -0.225. The molecule has 17 heavy (non-hydrogen) atoms. The zero-order chi connectivity index (χ0) is 13.5. The minimum Gasteiger partial charge on any atom is -0.349 e. The van der Waals surface area contributed by atoms with Gasteiger partial charge in [-0.25, -0.2) is 0 Å². The van der Waals surface area contributed by atoms with Crippen molar-refractivity contribution in [2.24, 2.45) is 5.41 Å². The Hall–Kier alpha value is -0.340. The van der Waals surface area contributed by atoms with Gasteiger partial charge in [-0.2, -0.15) is 0 Å². The average Bonchev–Trinajstić information content (AvgIpc) is 2.15. The zero-order valence-electron chi connectivity index (χ0n) is 12.7. The van der Waals surface area contributed by atoms with Crippen LogP contribution in [0, 0.1) is 5.41 Å². The van der Waals surface area contributed by atoms with Gasteiger partial charge in [0.05, 0.1) is 12.2 Å². The van der Waals surface area contributed by atoms with E-state index in [1.54, 1.807) is 0 Å². The maximum absolute atomic E-state index is 5.93. The van der Waals surface area contributed by atoms with Gasteiger partial charge in [-0.1, -0.05) is 33.8 Å². The highest BCUT2D eigenvalue weighted by Gasteiger charge is 2.21. The predicted octanol–water partition coefficient (Wildman–Crippen LogP) is 4.55. The molecule has 0 bridgehead atoms. The van der Waals surface area contributed by atoms with Crippen molar-refractivity contribution in [3.8, 4) is 0 Å². The summed E-state index contributed by atoms with van der Waals surface area (Å²) in [5, 5.41) is 0. The van der Waals surface area contributed by atoms with Gasteiger partial charge in [0.25, 0.3) is 0 Å². The van der Waals surface area contributed by atoms with Crippen LogP contribution >= 0.6 is 0 Å². The van der Waals surface area contributed by atoms with Crippen molar-refractivity contribution in [3.63, 3.8) is 0 Å². The van der Waals surface area contributed by atoms with Crippen molar-refractivity contribution in [2.45, 2.75) is 73.2 Å². The Kier molecular flexibility index (Phi) is 7.03. The molecule has 0 rings (SSSR count). The van der Waals surface area contributed by atoms with Gasteiger partial charge in [0, 0.05) is 0 Å². The van der Waals surface area contributed by atoms with E-state index < -0.39 is 0 Å². The summed E-state index contributed by atoms with van der Waals surface area (Å²) in [5.41, 5.74) is 0.173. The molecule has 0 fully saturated rings. The van der Waals surface area contributed by atoms with Gasteiger partial charge < -0.3 is 9.47 Å². The van der Waals surface area contributed by atoms with Crippen molar-refractivity contribution >= 4 is 0 Å². The number of hydrogen-bond acceptors (Lipinski definition) is 2. The highest BCUT2D eigenvalue weighted by Crippen LogP contribution is 2.21. The van der Waals surface area contributed by atoms with Crippen molar-refractivity contribution in [2.75, 3.05) is 6.61 Å². The summed E-state index contributed by atoms with van der Waals surface area (Å²) >= 11 is 0. The van der Waals surface area contributed by atoms with E-state index in [0.717, 1.165) is 19.4 Å². The molecule has 0 radical (unpaired) electrons. The van der Waals surface area contributed by atoms with Crippen LogP contribution in [0.1, 0.15) is 61.3 Å². The zero-order valence-corrected chi connectivity index (χ0v) is 12.7. The predicted molar refractivity (Wildman–Crippen MR) is 74.1 cm³/mol. The Morgan fingerprint density at radius 1 is 1.12 bits per heavy atom. The summed E-state index contributed by atoms with van der Waals surface area (Å²) in [6.45, 7) is 15.7. The van der Waals surface area contributed by atoms with Crippen LogP contribution < -0.4 is 0 Å². The number of allylic oxidation sites excluding steroid dienone is 1. The molecule has 1 atom stereocenters. The summed E-state index contributed by atoms with van der Waals surface area (Å²) in [7, 11) is 0. The molecule has 0 spiro atoms.